The van der Waals surface area contributed by atoms with Crippen LogP contribution in [0.1, 0.15) is 30.4 Å². The van der Waals surface area contributed by atoms with Crippen molar-refractivity contribution in [2.75, 3.05) is 19.8 Å². The zero-order chi connectivity index (χ0) is 15.5. The van der Waals surface area contributed by atoms with E-state index in [1.165, 1.54) is 12.1 Å². The van der Waals surface area contributed by atoms with Gasteiger partial charge in [-0.25, -0.2) is 0 Å². The Bertz CT molecular complexity index is 476. The molecule has 0 bridgehead atoms. The summed E-state index contributed by atoms with van der Waals surface area (Å²) >= 11 is 0. The fourth-order valence-corrected chi connectivity index (χ4v) is 2.96. The third-order valence-corrected chi connectivity index (χ3v) is 4.14. The van der Waals surface area contributed by atoms with Crippen LogP contribution in [0.5, 0.6) is 0 Å². The van der Waals surface area contributed by atoms with Gasteiger partial charge in [0, 0.05) is 24.7 Å². The Hall–Kier alpha value is -0.820. The molecular formula is C15H21ClF3NO2. The Kier molecular flexibility index (Phi) is 6.67. The molecule has 3 N–H and O–H groups in total. The Morgan fingerprint density at radius 1 is 1.27 bits per heavy atom. The van der Waals surface area contributed by atoms with Gasteiger partial charge in [-0.1, -0.05) is 18.2 Å². The number of ether oxygens (including phenoxy) is 1. The van der Waals surface area contributed by atoms with Crippen molar-refractivity contribution >= 4 is 12.4 Å². The quantitative estimate of drug-likeness (QED) is 0.887. The lowest BCUT2D eigenvalue weighted by atomic mass is 9.70. The van der Waals surface area contributed by atoms with Crippen molar-refractivity contribution in [2.45, 2.75) is 36.9 Å². The number of hydrogen-bond acceptors (Lipinski definition) is 3. The van der Waals surface area contributed by atoms with Gasteiger partial charge in [-0.2, -0.15) is 13.2 Å². The molecule has 2 rings (SSSR count). The largest absolute Gasteiger partial charge is 0.416 e. The summed E-state index contributed by atoms with van der Waals surface area (Å²) in [6, 6.07) is 4.97. The molecule has 1 atom stereocenters. The number of halogens is 4. The van der Waals surface area contributed by atoms with E-state index in [4.69, 9.17) is 10.5 Å². The topological polar surface area (TPSA) is 55.5 Å². The number of alkyl halides is 3. The second-order valence-electron chi connectivity index (χ2n) is 5.62. The Morgan fingerprint density at radius 3 is 2.45 bits per heavy atom. The molecule has 3 nitrogen and oxygen atoms in total. The van der Waals surface area contributed by atoms with Crippen LogP contribution in [0.25, 0.3) is 0 Å². The normalized spacial score (nSPS) is 19.3. The summed E-state index contributed by atoms with van der Waals surface area (Å²) in [6.07, 6.45) is -2.68. The lowest BCUT2D eigenvalue weighted by molar-refractivity contribution is -0.137. The van der Waals surface area contributed by atoms with Gasteiger partial charge in [-0.05, 0) is 30.9 Å². The van der Waals surface area contributed by atoms with E-state index in [-0.39, 0.29) is 19.0 Å². The van der Waals surface area contributed by atoms with Crippen LogP contribution in [0.4, 0.5) is 13.2 Å². The van der Waals surface area contributed by atoms with Crippen molar-refractivity contribution in [1.82, 2.24) is 0 Å². The maximum absolute atomic E-state index is 12.9. The average Bonchev–Trinajstić information content (AvgIpc) is 2.47. The molecule has 0 spiro atoms. The van der Waals surface area contributed by atoms with Crippen molar-refractivity contribution in [2.24, 2.45) is 5.73 Å². The van der Waals surface area contributed by atoms with Gasteiger partial charge in [0.15, 0.2) is 0 Å². The second kappa shape index (κ2) is 7.64. The van der Waals surface area contributed by atoms with Gasteiger partial charge in [0.05, 0.1) is 12.2 Å². The fraction of sp³-hybridized carbons (Fsp3) is 0.600. The molecule has 1 aromatic rings. The molecule has 0 saturated carbocycles. The first kappa shape index (κ1) is 19.2. The molecule has 7 heteroatoms. The molecule has 0 amide bonds. The molecule has 1 aliphatic rings. The maximum Gasteiger partial charge on any atom is 0.416 e. The van der Waals surface area contributed by atoms with Crippen molar-refractivity contribution in [3.05, 3.63) is 35.4 Å². The zero-order valence-corrected chi connectivity index (χ0v) is 12.9. The van der Waals surface area contributed by atoms with Gasteiger partial charge in [-0.15, -0.1) is 12.4 Å². The first-order valence-corrected chi connectivity index (χ1v) is 6.99. The zero-order valence-electron chi connectivity index (χ0n) is 12.1. The summed E-state index contributed by atoms with van der Waals surface area (Å²) in [4.78, 5) is 0. The Labute approximate surface area is 134 Å². The van der Waals surface area contributed by atoms with Crippen LogP contribution in [0.3, 0.4) is 0 Å². The molecule has 0 aromatic heterocycles. The van der Waals surface area contributed by atoms with Crippen LogP contribution in [0.2, 0.25) is 0 Å². The highest BCUT2D eigenvalue weighted by Crippen LogP contribution is 2.41. The monoisotopic (exact) mass is 339 g/mol. The molecule has 126 valence electrons. The predicted octanol–water partition coefficient (Wildman–Crippen LogP) is 2.89. The van der Waals surface area contributed by atoms with Crippen LogP contribution in [0.15, 0.2) is 24.3 Å². The van der Waals surface area contributed by atoms with Gasteiger partial charge in [-0.3, -0.25) is 0 Å². The van der Waals surface area contributed by atoms with Gasteiger partial charge >= 0.3 is 6.18 Å². The second-order valence-corrected chi connectivity index (χ2v) is 5.62. The van der Waals surface area contributed by atoms with Gasteiger partial charge in [0.25, 0.3) is 0 Å². The lowest BCUT2D eigenvalue weighted by Gasteiger charge is -2.39. The van der Waals surface area contributed by atoms with Crippen LogP contribution in [-0.4, -0.2) is 31.0 Å². The van der Waals surface area contributed by atoms with Crippen LogP contribution >= 0.6 is 12.4 Å². The smallest absolute Gasteiger partial charge is 0.395 e. The Morgan fingerprint density at radius 2 is 1.91 bits per heavy atom. The molecule has 22 heavy (non-hydrogen) atoms. The van der Waals surface area contributed by atoms with Crippen LogP contribution < -0.4 is 5.73 Å². The molecule has 1 saturated heterocycles. The van der Waals surface area contributed by atoms with E-state index >= 15 is 0 Å². The minimum absolute atomic E-state index is 0. The van der Waals surface area contributed by atoms with Crippen molar-refractivity contribution < 1.29 is 23.0 Å². The molecule has 0 aliphatic carbocycles. The highest BCUT2D eigenvalue weighted by molar-refractivity contribution is 5.85. The number of aliphatic hydroxyl groups excluding tert-OH is 1. The van der Waals surface area contributed by atoms with Crippen molar-refractivity contribution in [1.29, 1.82) is 0 Å². The van der Waals surface area contributed by atoms with Gasteiger partial charge in [0.1, 0.15) is 0 Å². The standard InChI is InChI=1S/C15H20F3NO2.ClH/c16-15(17,18)12-3-1-2-11(8-12)14(9-13(19)10-20)4-6-21-7-5-14;/h1-3,8,13,20H,4-7,9-10,19H2;1H. The number of rotatable bonds is 4. The summed E-state index contributed by atoms with van der Waals surface area (Å²) in [5.41, 5.74) is 5.36. The predicted molar refractivity (Wildman–Crippen MR) is 80.1 cm³/mol. The molecule has 0 radical (unpaired) electrons. The van der Waals surface area contributed by atoms with E-state index in [0.29, 0.717) is 38.0 Å². The molecule has 1 fully saturated rings. The van der Waals surface area contributed by atoms with Crippen LogP contribution in [0, 0.1) is 0 Å². The van der Waals surface area contributed by atoms with Crippen molar-refractivity contribution in [3.63, 3.8) is 0 Å². The van der Waals surface area contributed by atoms with E-state index in [1.807, 2.05) is 0 Å². The van der Waals surface area contributed by atoms with E-state index in [1.54, 1.807) is 6.07 Å². The van der Waals surface area contributed by atoms with E-state index in [9.17, 15) is 18.3 Å². The van der Waals surface area contributed by atoms with E-state index in [2.05, 4.69) is 0 Å². The lowest BCUT2D eigenvalue weighted by Crippen LogP contribution is -2.41. The van der Waals surface area contributed by atoms with E-state index < -0.39 is 23.2 Å². The summed E-state index contributed by atoms with van der Waals surface area (Å²) in [7, 11) is 0. The number of nitrogens with two attached hydrogens (primary N) is 1. The maximum atomic E-state index is 12.9. The highest BCUT2D eigenvalue weighted by atomic mass is 35.5. The van der Waals surface area contributed by atoms with Gasteiger partial charge < -0.3 is 15.6 Å². The summed E-state index contributed by atoms with van der Waals surface area (Å²) in [5, 5.41) is 9.17. The minimum Gasteiger partial charge on any atom is -0.395 e. The molecular weight excluding hydrogens is 319 g/mol. The molecule has 1 unspecified atom stereocenters. The van der Waals surface area contributed by atoms with Crippen molar-refractivity contribution in [3.8, 4) is 0 Å². The third kappa shape index (κ3) is 4.35. The van der Waals surface area contributed by atoms with E-state index in [0.717, 1.165) is 6.07 Å². The molecule has 1 heterocycles. The summed E-state index contributed by atoms with van der Waals surface area (Å²) in [6.45, 7) is 0.810. The van der Waals surface area contributed by atoms with Gasteiger partial charge in [0.2, 0.25) is 0 Å². The fourth-order valence-electron chi connectivity index (χ4n) is 2.96. The number of hydrogen-bond donors (Lipinski definition) is 2. The SMILES string of the molecule is Cl.NC(CO)CC1(c2cccc(C(F)(F)F)c2)CCOCC1. The molecule has 1 aromatic carbocycles. The third-order valence-electron chi connectivity index (χ3n) is 4.14. The first-order chi connectivity index (χ1) is 9.87. The number of benzene rings is 1. The highest BCUT2D eigenvalue weighted by Gasteiger charge is 2.38. The van der Waals surface area contributed by atoms with Crippen LogP contribution in [-0.2, 0) is 16.3 Å². The summed E-state index contributed by atoms with van der Waals surface area (Å²) < 4.78 is 44.0. The molecule has 1 aliphatic heterocycles. The Balaban J connectivity index is 0.00000242. The minimum atomic E-state index is -4.36. The summed E-state index contributed by atoms with van der Waals surface area (Å²) in [5.74, 6) is 0. The average molecular weight is 340 g/mol. The first-order valence-electron chi connectivity index (χ1n) is 6.99. The number of aliphatic hydroxyl groups is 1.